The third-order valence-electron chi connectivity index (χ3n) is 11.9. The summed E-state index contributed by atoms with van der Waals surface area (Å²) in [4.78, 5) is 26.0. The van der Waals surface area contributed by atoms with Crippen molar-refractivity contribution in [2.75, 3.05) is 0 Å². The first-order valence-electron chi connectivity index (χ1n) is 20.8. The van der Waals surface area contributed by atoms with Crippen LogP contribution in [0.5, 0.6) is 0 Å². The molecular weight excluding hydrogens is 793 g/mol. The van der Waals surface area contributed by atoms with Gasteiger partial charge in [-0.25, -0.2) is 24.9 Å². The number of furan rings is 1. The second-order valence-corrected chi connectivity index (χ2v) is 16.6. The quantitative estimate of drug-likeness (QED) is 0.166. The zero-order valence-corrected chi connectivity index (χ0v) is 34.3. The SMILES string of the molecule is c1ccc(-c2nc(-c3ccccc3)nc(-c3cccc4sc5c(-c6nc(-c7ccc8c9ccccc9n(-c9ccccc9)c8c7)nc7c6oc6ccccc67)cccc5c34)n2)cc1. The van der Waals surface area contributed by atoms with Crippen LogP contribution >= 0.6 is 11.3 Å². The molecule has 0 saturated heterocycles. The van der Waals surface area contributed by atoms with Crippen LogP contribution in [0.2, 0.25) is 0 Å². The fourth-order valence-electron chi connectivity index (χ4n) is 9.02. The van der Waals surface area contributed by atoms with Crippen molar-refractivity contribution in [3.05, 3.63) is 194 Å². The summed E-state index contributed by atoms with van der Waals surface area (Å²) in [6.45, 7) is 0. The Labute approximate surface area is 364 Å². The van der Waals surface area contributed by atoms with Crippen LogP contribution in [0.3, 0.4) is 0 Å². The van der Waals surface area contributed by atoms with Crippen molar-refractivity contribution < 1.29 is 4.42 Å². The van der Waals surface area contributed by atoms with Crippen molar-refractivity contribution in [2.45, 2.75) is 0 Å². The summed E-state index contributed by atoms with van der Waals surface area (Å²) in [5, 5.41) is 5.48. The molecule has 0 amide bonds. The van der Waals surface area contributed by atoms with Crippen molar-refractivity contribution in [3.8, 4) is 62.5 Å². The number of nitrogens with zero attached hydrogens (tertiary/aromatic N) is 6. The Morgan fingerprint density at radius 1 is 0.413 bits per heavy atom. The van der Waals surface area contributed by atoms with Gasteiger partial charge in [0, 0.05) is 69.8 Å². The molecule has 0 saturated carbocycles. The summed E-state index contributed by atoms with van der Waals surface area (Å²) in [7, 11) is 0. The molecule has 0 N–H and O–H groups in total. The van der Waals surface area contributed by atoms with Gasteiger partial charge in [0.15, 0.2) is 28.9 Å². The molecule has 0 bridgehead atoms. The molecule has 294 valence electrons. The predicted octanol–water partition coefficient (Wildman–Crippen LogP) is 14.4. The maximum Gasteiger partial charge on any atom is 0.180 e. The highest BCUT2D eigenvalue weighted by molar-refractivity contribution is 7.26. The standard InChI is InChI=1S/C55H32N6OS/c1-4-16-33(17-5-1)52-58-53(34-18-6-2-7-19-34)60-55(59-52)41-25-15-29-46-47(41)40-24-14-26-42(51(40)63-46)49-50-48(39-23-11-13-28-45(39)62-50)56-54(57-49)35-30-31-38-37-22-10-12-27-43(37)61(44(38)32-35)36-20-8-3-9-21-36/h1-32H. The molecule has 0 aliphatic rings. The number of rotatable bonds is 6. The molecule has 5 heterocycles. The fourth-order valence-corrected chi connectivity index (χ4v) is 10.3. The van der Waals surface area contributed by atoms with Crippen molar-refractivity contribution in [2.24, 2.45) is 0 Å². The lowest BCUT2D eigenvalue weighted by atomic mass is 10.0. The minimum absolute atomic E-state index is 0.616. The number of benzene rings is 8. The average molecular weight is 825 g/mol. The summed E-state index contributed by atoms with van der Waals surface area (Å²) in [6, 6.07) is 66.8. The zero-order valence-electron chi connectivity index (χ0n) is 33.5. The van der Waals surface area contributed by atoms with Crippen LogP contribution in [-0.2, 0) is 0 Å². The number of aromatic nitrogens is 6. The molecule has 5 aromatic heterocycles. The van der Waals surface area contributed by atoms with E-state index in [9.17, 15) is 0 Å². The molecule has 0 fully saturated rings. The van der Waals surface area contributed by atoms with Crippen molar-refractivity contribution in [1.82, 2.24) is 29.5 Å². The van der Waals surface area contributed by atoms with E-state index < -0.39 is 0 Å². The van der Waals surface area contributed by atoms with Gasteiger partial charge < -0.3 is 8.98 Å². The Kier molecular flexibility index (Phi) is 7.94. The third kappa shape index (κ3) is 5.69. The van der Waals surface area contributed by atoms with Crippen molar-refractivity contribution >= 4 is 75.4 Å². The predicted molar refractivity (Wildman–Crippen MR) is 257 cm³/mol. The Balaban J connectivity index is 1.04. The number of para-hydroxylation sites is 3. The van der Waals surface area contributed by atoms with E-state index in [1.54, 1.807) is 11.3 Å². The lowest BCUT2D eigenvalue weighted by Crippen LogP contribution is -2.00. The molecule has 0 radical (unpaired) electrons. The van der Waals surface area contributed by atoms with Gasteiger partial charge in [0.05, 0.1) is 11.0 Å². The highest BCUT2D eigenvalue weighted by atomic mass is 32.1. The van der Waals surface area contributed by atoms with Crippen molar-refractivity contribution in [3.63, 3.8) is 0 Å². The largest absolute Gasteiger partial charge is 0.452 e. The Morgan fingerprint density at radius 2 is 1.02 bits per heavy atom. The molecule has 8 aromatic carbocycles. The smallest absolute Gasteiger partial charge is 0.180 e. The average Bonchev–Trinajstić information content (AvgIpc) is 4.04. The first-order chi connectivity index (χ1) is 31.2. The van der Waals surface area contributed by atoms with Crippen LogP contribution in [0.1, 0.15) is 0 Å². The number of hydrogen-bond acceptors (Lipinski definition) is 7. The van der Waals surface area contributed by atoms with Crippen molar-refractivity contribution in [1.29, 1.82) is 0 Å². The second kappa shape index (κ2) is 14.1. The van der Waals surface area contributed by atoms with Gasteiger partial charge in [0.2, 0.25) is 0 Å². The van der Waals surface area contributed by atoms with Crippen LogP contribution in [-0.4, -0.2) is 29.5 Å². The molecule has 8 heteroatoms. The van der Waals surface area contributed by atoms with E-state index in [2.05, 4.69) is 120 Å². The van der Waals surface area contributed by atoms with Gasteiger partial charge in [-0.05, 0) is 42.5 Å². The lowest BCUT2D eigenvalue weighted by molar-refractivity contribution is 0.667. The Hall–Kier alpha value is -8.33. The van der Waals surface area contributed by atoms with Gasteiger partial charge >= 0.3 is 0 Å². The molecular formula is C55H32N6OS. The lowest BCUT2D eigenvalue weighted by Gasteiger charge is -2.10. The maximum absolute atomic E-state index is 6.69. The van der Waals surface area contributed by atoms with E-state index >= 15 is 0 Å². The van der Waals surface area contributed by atoms with Gasteiger partial charge in [0.1, 0.15) is 16.8 Å². The number of thiophene rings is 1. The molecule has 0 aliphatic heterocycles. The summed E-state index contributed by atoms with van der Waals surface area (Å²) in [5.74, 6) is 2.49. The maximum atomic E-state index is 6.69. The summed E-state index contributed by atoms with van der Waals surface area (Å²) < 4.78 is 11.2. The second-order valence-electron chi connectivity index (χ2n) is 15.6. The first-order valence-corrected chi connectivity index (χ1v) is 21.7. The Bertz CT molecular complexity index is 3860. The van der Waals surface area contributed by atoms with E-state index in [1.807, 2.05) is 78.9 Å². The minimum Gasteiger partial charge on any atom is -0.452 e. The van der Waals surface area contributed by atoms with Gasteiger partial charge in [-0.1, -0.05) is 152 Å². The Morgan fingerprint density at radius 3 is 1.79 bits per heavy atom. The van der Waals surface area contributed by atoms with E-state index in [0.717, 1.165) is 86.9 Å². The van der Waals surface area contributed by atoms with Crippen LogP contribution in [0, 0.1) is 0 Å². The van der Waals surface area contributed by atoms with Crippen LogP contribution in [0.25, 0.3) is 127 Å². The molecule has 0 atom stereocenters. The van der Waals surface area contributed by atoms with Gasteiger partial charge in [-0.3, -0.25) is 0 Å². The number of hydrogen-bond donors (Lipinski definition) is 0. The number of fused-ring (bicyclic) bond motifs is 9. The fraction of sp³-hybridized carbons (Fsp3) is 0. The van der Waals surface area contributed by atoms with Gasteiger partial charge in [0.25, 0.3) is 0 Å². The minimum atomic E-state index is 0.616. The van der Waals surface area contributed by atoms with Gasteiger partial charge in [-0.2, -0.15) is 0 Å². The highest BCUT2D eigenvalue weighted by Gasteiger charge is 2.24. The van der Waals surface area contributed by atoms with E-state index in [-0.39, 0.29) is 0 Å². The molecule has 7 nitrogen and oxygen atoms in total. The summed E-state index contributed by atoms with van der Waals surface area (Å²) in [5.41, 5.74) is 11.0. The van der Waals surface area contributed by atoms with Crippen LogP contribution < -0.4 is 0 Å². The van der Waals surface area contributed by atoms with E-state index in [0.29, 0.717) is 28.9 Å². The monoisotopic (exact) mass is 824 g/mol. The first kappa shape index (κ1) is 35.4. The zero-order chi connectivity index (χ0) is 41.4. The van der Waals surface area contributed by atoms with E-state index in [1.165, 1.54) is 10.8 Å². The molecule has 0 aliphatic carbocycles. The van der Waals surface area contributed by atoms with Crippen LogP contribution in [0.4, 0.5) is 0 Å². The normalized spacial score (nSPS) is 11.8. The summed E-state index contributed by atoms with van der Waals surface area (Å²) >= 11 is 1.74. The molecule has 0 spiro atoms. The van der Waals surface area contributed by atoms with Gasteiger partial charge in [-0.15, -0.1) is 11.3 Å². The molecule has 63 heavy (non-hydrogen) atoms. The topological polar surface area (TPSA) is 82.5 Å². The highest BCUT2D eigenvalue weighted by Crippen LogP contribution is 2.46. The van der Waals surface area contributed by atoms with Crippen LogP contribution in [0.15, 0.2) is 199 Å². The summed E-state index contributed by atoms with van der Waals surface area (Å²) in [6.07, 6.45) is 0. The molecule has 0 unspecified atom stereocenters. The third-order valence-corrected chi connectivity index (χ3v) is 13.1. The van der Waals surface area contributed by atoms with E-state index in [4.69, 9.17) is 29.3 Å². The molecule has 13 rings (SSSR count). The molecule has 13 aromatic rings.